The number of thiophene rings is 1. The average molecular weight is 374 g/mol. The van der Waals surface area contributed by atoms with Crippen LogP contribution in [0, 0.1) is 11.3 Å². The Morgan fingerprint density at radius 2 is 2.20 bits per heavy atom. The number of hydrogen-bond donors (Lipinski definition) is 2. The van der Waals surface area contributed by atoms with Gasteiger partial charge in [0.1, 0.15) is 11.1 Å². The highest BCUT2D eigenvalue weighted by molar-refractivity contribution is 7.16. The van der Waals surface area contributed by atoms with Crippen LogP contribution in [-0.2, 0) is 17.6 Å². The number of rotatable bonds is 5. The fourth-order valence-corrected chi connectivity index (χ4v) is 4.54. The van der Waals surface area contributed by atoms with Crippen molar-refractivity contribution >= 4 is 33.8 Å². The van der Waals surface area contributed by atoms with Gasteiger partial charge in [0, 0.05) is 15.9 Å². The fraction of sp³-hybridized carbons (Fsp3) is 0.368. The molecule has 130 valence electrons. The first-order valence-electron chi connectivity index (χ1n) is 8.42. The van der Waals surface area contributed by atoms with E-state index in [0.29, 0.717) is 15.6 Å². The Labute approximate surface area is 156 Å². The fourth-order valence-electron chi connectivity index (χ4n) is 3.08. The average Bonchev–Trinajstić information content (AvgIpc) is 2.96. The van der Waals surface area contributed by atoms with Gasteiger partial charge in [0.2, 0.25) is 5.91 Å². The van der Waals surface area contributed by atoms with Gasteiger partial charge >= 0.3 is 0 Å². The zero-order valence-corrected chi connectivity index (χ0v) is 15.6. The standard InChI is InChI=1S/C19H20ClN3OS/c1-12(13-5-4-6-14(20)9-13)22-11-18(24)23-19-16(10-21)15-7-2-3-8-17(15)25-19/h4-6,9,12,22H,2-3,7-8,11H2,1H3,(H,23,24)/t12-/m0/s1. The molecule has 2 aromatic rings. The Hall–Kier alpha value is -1.87. The van der Waals surface area contributed by atoms with E-state index in [4.69, 9.17) is 11.6 Å². The van der Waals surface area contributed by atoms with Crippen LogP contribution in [0.15, 0.2) is 24.3 Å². The molecule has 6 heteroatoms. The van der Waals surface area contributed by atoms with Crippen LogP contribution in [-0.4, -0.2) is 12.5 Å². The zero-order chi connectivity index (χ0) is 17.8. The first-order valence-corrected chi connectivity index (χ1v) is 9.61. The number of nitrogens with zero attached hydrogens (tertiary/aromatic N) is 1. The molecule has 1 amide bonds. The molecule has 1 heterocycles. The lowest BCUT2D eigenvalue weighted by molar-refractivity contribution is -0.115. The number of hydrogen-bond acceptors (Lipinski definition) is 4. The van der Waals surface area contributed by atoms with E-state index in [1.54, 1.807) is 11.3 Å². The third-order valence-electron chi connectivity index (χ3n) is 4.45. The summed E-state index contributed by atoms with van der Waals surface area (Å²) < 4.78 is 0. The predicted octanol–water partition coefficient (Wildman–Crippen LogP) is 4.44. The molecule has 0 bridgehead atoms. The second kappa shape index (κ2) is 8.01. The SMILES string of the molecule is C[C@H](NCC(=O)Nc1sc2c(c1C#N)CCCC2)c1cccc(Cl)c1. The van der Waals surface area contributed by atoms with Crippen molar-refractivity contribution in [3.63, 3.8) is 0 Å². The largest absolute Gasteiger partial charge is 0.315 e. The topological polar surface area (TPSA) is 64.9 Å². The van der Waals surface area contributed by atoms with E-state index in [0.717, 1.165) is 36.8 Å². The highest BCUT2D eigenvalue weighted by Gasteiger charge is 2.21. The lowest BCUT2D eigenvalue weighted by Crippen LogP contribution is -2.30. The molecule has 0 spiro atoms. The summed E-state index contributed by atoms with van der Waals surface area (Å²) in [6, 6.07) is 9.86. The van der Waals surface area contributed by atoms with Gasteiger partial charge in [-0.25, -0.2) is 0 Å². The Morgan fingerprint density at radius 3 is 2.96 bits per heavy atom. The summed E-state index contributed by atoms with van der Waals surface area (Å²) in [6.07, 6.45) is 4.22. The van der Waals surface area contributed by atoms with E-state index >= 15 is 0 Å². The maximum absolute atomic E-state index is 12.3. The monoisotopic (exact) mass is 373 g/mol. The number of aryl methyl sites for hydroxylation is 1. The Bertz CT molecular complexity index is 825. The van der Waals surface area contributed by atoms with Crippen LogP contribution in [0.25, 0.3) is 0 Å². The second-order valence-electron chi connectivity index (χ2n) is 6.23. The van der Waals surface area contributed by atoms with Crippen LogP contribution in [0.5, 0.6) is 0 Å². The molecule has 1 aliphatic carbocycles. The molecule has 0 saturated carbocycles. The van der Waals surface area contributed by atoms with Crippen LogP contribution >= 0.6 is 22.9 Å². The minimum atomic E-state index is -0.135. The maximum atomic E-state index is 12.3. The Balaban J connectivity index is 1.62. The first-order chi connectivity index (χ1) is 12.1. The minimum Gasteiger partial charge on any atom is -0.315 e. The number of anilines is 1. The number of benzene rings is 1. The molecule has 0 unspecified atom stereocenters. The number of halogens is 1. The summed E-state index contributed by atoms with van der Waals surface area (Å²) in [5, 5.41) is 16.9. The third kappa shape index (κ3) is 4.21. The first kappa shape index (κ1) is 17.9. The van der Waals surface area contributed by atoms with Gasteiger partial charge in [0.25, 0.3) is 0 Å². The number of nitriles is 1. The number of carbonyl (C=O) groups excluding carboxylic acids is 1. The van der Waals surface area contributed by atoms with Gasteiger partial charge in [-0.2, -0.15) is 5.26 Å². The van der Waals surface area contributed by atoms with Gasteiger partial charge < -0.3 is 10.6 Å². The lowest BCUT2D eigenvalue weighted by atomic mass is 9.96. The molecule has 1 atom stereocenters. The van der Waals surface area contributed by atoms with E-state index in [2.05, 4.69) is 16.7 Å². The summed E-state index contributed by atoms with van der Waals surface area (Å²) in [5.41, 5.74) is 2.81. The molecule has 2 N–H and O–H groups in total. The van der Waals surface area contributed by atoms with E-state index < -0.39 is 0 Å². The second-order valence-corrected chi connectivity index (χ2v) is 7.77. The summed E-state index contributed by atoms with van der Waals surface area (Å²) in [6.45, 7) is 2.17. The van der Waals surface area contributed by atoms with Crippen molar-refractivity contribution in [3.05, 3.63) is 50.9 Å². The number of nitrogens with one attached hydrogen (secondary N) is 2. The molecule has 0 aliphatic heterocycles. The van der Waals surface area contributed by atoms with E-state index in [9.17, 15) is 10.1 Å². The summed E-state index contributed by atoms with van der Waals surface area (Å²) in [4.78, 5) is 13.5. The highest BCUT2D eigenvalue weighted by Crippen LogP contribution is 2.37. The van der Waals surface area contributed by atoms with Gasteiger partial charge in [-0.3, -0.25) is 4.79 Å². The van der Waals surface area contributed by atoms with Crippen molar-refractivity contribution in [1.82, 2.24) is 5.32 Å². The van der Waals surface area contributed by atoms with Crippen LogP contribution in [0.1, 0.15) is 47.4 Å². The van der Waals surface area contributed by atoms with Crippen molar-refractivity contribution < 1.29 is 4.79 Å². The lowest BCUT2D eigenvalue weighted by Gasteiger charge is -2.14. The Kier molecular flexibility index (Phi) is 5.74. The smallest absolute Gasteiger partial charge is 0.238 e. The van der Waals surface area contributed by atoms with Gasteiger partial charge in [0.15, 0.2) is 0 Å². The molecule has 0 radical (unpaired) electrons. The summed E-state index contributed by atoms with van der Waals surface area (Å²) in [5.74, 6) is -0.135. The molecule has 1 aromatic heterocycles. The normalized spacial score (nSPS) is 14.4. The maximum Gasteiger partial charge on any atom is 0.238 e. The van der Waals surface area contributed by atoms with Crippen molar-refractivity contribution in [1.29, 1.82) is 5.26 Å². The van der Waals surface area contributed by atoms with Crippen molar-refractivity contribution in [2.24, 2.45) is 0 Å². The molecule has 4 nitrogen and oxygen atoms in total. The van der Waals surface area contributed by atoms with E-state index in [1.165, 1.54) is 4.88 Å². The Morgan fingerprint density at radius 1 is 1.40 bits per heavy atom. The van der Waals surface area contributed by atoms with Gasteiger partial charge in [-0.15, -0.1) is 11.3 Å². The van der Waals surface area contributed by atoms with Crippen molar-refractivity contribution in [2.75, 3.05) is 11.9 Å². The molecular formula is C19H20ClN3OS. The molecule has 0 saturated heterocycles. The summed E-state index contributed by atoms with van der Waals surface area (Å²) >= 11 is 7.55. The zero-order valence-electron chi connectivity index (χ0n) is 14.1. The number of amides is 1. The predicted molar refractivity (Wildman–Crippen MR) is 102 cm³/mol. The van der Waals surface area contributed by atoms with Crippen LogP contribution < -0.4 is 10.6 Å². The van der Waals surface area contributed by atoms with E-state index in [1.807, 2.05) is 31.2 Å². The molecule has 1 aliphatic rings. The van der Waals surface area contributed by atoms with Crippen LogP contribution in [0.4, 0.5) is 5.00 Å². The quantitative estimate of drug-likeness (QED) is 0.814. The molecule has 0 fully saturated rings. The third-order valence-corrected chi connectivity index (χ3v) is 5.90. The van der Waals surface area contributed by atoms with Gasteiger partial charge in [0.05, 0.1) is 12.1 Å². The molecule has 1 aromatic carbocycles. The molecule has 25 heavy (non-hydrogen) atoms. The van der Waals surface area contributed by atoms with Crippen molar-refractivity contribution in [3.8, 4) is 6.07 Å². The van der Waals surface area contributed by atoms with Crippen LogP contribution in [0.3, 0.4) is 0 Å². The summed E-state index contributed by atoms with van der Waals surface area (Å²) in [7, 11) is 0. The molecule has 3 rings (SSSR count). The number of fused-ring (bicyclic) bond motifs is 1. The van der Waals surface area contributed by atoms with Crippen molar-refractivity contribution in [2.45, 2.75) is 38.6 Å². The van der Waals surface area contributed by atoms with Gasteiger partial charge in [-0.1, -0.05) is 23.7 Å². The van der Waals surface area contributed by atoms with Gasteiger partial charge in [-0.05, 0) is 55.9 Å². The van der Waals surface area contributed by atoms with Crippen LogP contribution in [0.2, 0.25) is 5.02 Å². The van der Waals surface area contributed by atoms with E-state index in [-0.39, 0.29) is 18.5 Å². The number of carbonyl (C=O) groups is 1. The minimum absolute atomic E-state index is 0.0106. The highest BCUT2D eigenvalue weighted by atomic mass is 35.5. The molecular weight excluding hydrogens is 354 g/mol.